The van der Waals surface area contributed by atoms with Crippen LogP contribution in [0.4, 0.5) is 11.4 Å². The maximum atomic E-state index is 11.9. The Hall–Kier alpha value is -3.55. The molecule has 26 heavy (non-hydrogen) atoms. The van der Waals surface area contributed by atoms with Gasteiger partial charge in [0.1, 0.15) is 0 Å². The first-order valence-corrected chi connectivity index (χ1v) is 7.85. The van der Waals surface area contributed by atoms with Crippen LogP contribution < -0.4 is 16.1 Å². The second kappa shape index (κ2) is 9.07. The molecule has 2 rings (SSSR count). The lowest BCUT2D eigenvalue weighted by Crippen LogP contribution is -2.33. The minimum Gasteiger partial charge on any atom is -0.324 e. The van der Waals surface area contributed by atoms with Crippen LogP contribution in [0.1, 0.15) is 18.9 Å². The highest BCUT2D eigenvalue weighted by Gasteiger charge is 2.13. The topological polar surface area (TPSA) is 113 Å². The lowest BCUT2D eigenvalue weighted by Gasteiger charge is -2.06. The molecule has 8 heteroatoms. The summed E-state index contributed by atoms with van der Waals surface area (Å²) in [6, 6.07) is 10.4. The number of aromatic nitrogens is 1. The molecule has 1 heterocycles. The molecule has 3 amide bonds. The van der Waals surface area contributed by atoms with Crippen LogP contribution in [0, 0.1) is 6.92 Å². The standard InChI is InChI=1S/C18H19N5O3/c1-12-5-7-14(8-6-12)21-17(25)18(26)23-22-13(2)10-16(24)20-15-4-3-9-19-11-15/h3-9,11H,10H2,1-2H3,(H,20,24)(H,21,25)(H,23,26)/b22-13-. The number of aryl methyl sites for hydroxylation is 1. The molecule has 0 aliphatic carbocycles. The van der Waals surface area contributed by atoms with Crippen molar-refractivity contribution in [2.24, 2.45) is 5.10 Å². The molecule has 3 N–H and O–H groups in total. The smallest absolute Gasteiger partial charge is 0.324 e. The van der Waals surface area contributed by atoms with E-state index in [1.165, 1.54) is 6.20 Å². The van der Waals surface area contributed by atoms with Crippen molar-refractivity contribution in [3.63, 3.8) is 0 Å². The highest BCUT2D eigenvalue weighted by Crippen LogP contribution is 2.08. The van der Waals surface area contributed by atoms with E-state index in [-0.39, 0.29) is 12.3 Å². The van der Waals surface area contributed by atoms with Crippen molar-refractivity contribution in [3.05, 3.63) is 54.4 Å². The molecule has 1 aromatic carbocycles. The Balaban J connectivity index is 1.81. The molecule has 0 aliphatic heterocycles. The summed E-state index contributed by atoms with van der Waals surface area (Å²) in [5.74, 6) is -2.07. The van der Waals surface area contributed by atoms with Gasteiger partial charge in [0.05, 0.1) is 18.3 Å². The van der Waals surface area contributed by atoms with E-state index in [1.807, 2.05) is 19.1 Å². The molecule has 0 spiro atoms. The molecule has 0 saturated carbocycles. The first-order valence-electron chi connectivity index (χ1n) is 7.85. The van der Waals surface area contributed by atoms with Crippen molar-refractivity contribution >= 4 is 34.8 Å². The summed E-state index contributed by atoms with van der Waals surface area (Å²) < 4.78 is 0. The summed E-state index contributed by atoms with van der Waals surface area (Å²) in [6.45, 7) is 3.49. The molecular formula is C18H19N5O3. The highest BCUT2D eigenvalue weighted by atomic mass is 16.2. The van der Waals surface area contributed by atoms with Gasteiger partial charge in [-0.15, -0.1) is 0 Å². The van der Waals surface area contributed by atoms with Crippen LogP contribution in [0.2, 0.25) is 0 Å². The highest BCUT2D eigenvalue weighted by molar-refractivity contribution is 6.39. The Kier molecular flexibility index (Phi) is 6.55. The molecule has 134 valence electrons. The Morgan fingerprint density at radius 3 is 2.38 bits per heavy atom. The summed E-state index contributed by atoms with van der Waals surface area (Å²) in [5.41, 5.74) is 4.59. The van der Waals surface area contributed by atoms with Gasteiger partial charge in [-0.25, -0.2) is 5.43 Å². The lowest BCUT2D eigenvalue weighted by atomic mass is 10.2. The Morgan fingerprint density at radius 2 is 1.73 bits per heavy atom. The second-order valence-corrected chi connectivity index (χ2v) is 5.57. The van der Waals surface area contributed by atoms with Crippen molar-refractivity contribution in [3.8, 4) is 0 Å². The zero-order valence-corrected chi connectivity index (χ0v) is 14.4. The van der Waals surface area contributed by atoms with Gasteiger partial charge in [-0.2, -0.15) is 5.10 Å². The lowest BCUT2D eigenvalue weighted by molar-refractivity contribution is -0.136. The average Bonchev–Trinajstić information content (AvgIpc) is 2.62. The van der Waals surface area contributed by atoms with Gasteiger partial charge in [0.25, 0.3) is 0 Å². The van der Waals surface area contributed by atoms with Gasteiger partial charge in [-0.1, -0.05) is 17.7 Å². The molecular weight excluding hydrogens is 334 g/mol. The van der Waals surface area contributed by atoms with Crippen LogP contribution in [0.5, 0.6) is 0 Å². The Labute approximate surface area is 150 Å². The van der Waals surface area contributed by atoms with Gasteiger partial charge in [0.15, 0.2) is 0 Å². The minimum absolute atomic E-state index is 0.0330. The monoisotopic (exact) mass is 353 g/mol. The molecule has 0 unspecified atom stereocenters. The Morgan fingerprint density at radius 1 is 1.00 bits per heavy atom. The minimum atomic E-state index is -0.919. The van der Waals surface area contributed by atoms with Gasteiger partial charge >= 0.3 is 11.8 Å². The van der Waals surface area contributed by atoms with E-state index in [4.69, 9.17) is 0 Å². The first kappa shape index (κ1) is 18.8. The number of anilines is 2. The van der Waals surface area contributed by atoms with Gasteiger partial charge in [-0.3, -0.25) is 19.4 Å². The fraction of sp³-hybridized carbons (Fsp3) is 0.167. The summed E-state index contributed by atoms with van der Waals surface area (Å²) >= 11 is 0. The Bertz CT molecular complexity index is 816. The van der Waals surface area contributed by atoms with Crippen molar-refractivity contribution in [1.82, 2.24) is 10.4 Å². The third-order valence-electron chi connectivity index (χ3n) is 3.23. The number of pyridine rings is 1. The fourth-order valence-electron chi connectivity index (χ4n) is 1.94. The van der Waals surface area contributed by atoms with Crippen LogP contribution in [0.25, 0.3) is 0 Å². The van der Waals surface area contributed by atoms with Crippen LogP contribution in [-0.4, -0.2) is 28.4 Å². The second-order valence-electron chi connectivity index (χ2n) is 5.57. The molecule has 1 aromatic heterocycles. The zero-order chi connectivity index (χ0) is 18.9. The predicted molar refractivity (Wildman–Crippen MR) is 98.5 cm³/mol. The number of hydrogen-bond acceptors (Lipinski definition) is 5. The number of hydrazone groups is 1. The van der Waals surface area contributed by atoms with E-state index in [2.05, 4.69) is 26.1 Å². The number of carbonyl (C=O) groups excluding carboxylic acids is 3. The number of nitrogens with zero attached hydrogens (tertiary/aromatic N) is 2. The maximum absolute atomic E-state index is 11.9. The fourth-order valence-corrected chi connectivity index (χ4v) is 1.94. The molecule has 0 bridgehead atoms. The largest absolute Gasteiger partial charge is 0.329 e. The number of carbonyl (C=O) groups is 3. The van der Waals surface area contributed by atoms with Crippen molar-refractivity contribution < 1.29 is 14.4 Å². The van der Waals surface area contributed by atoms with Crippen LogP contribution in [0.15, 0.2) is 53.9 Å². The van der Waals surface area contributed by atoms with Gasteiger partial charge < -0.3 is 10.6 Å². The van der Waals surface area contributed by atoms with Crippen LogP contribution >= 0.6 is 0 Å². The zero-order valence-electron chi connectivity index (χ0n) is 14.4. The first-order chi connectivity index (χ1) is 12.4. The molecule has 0 aliphatic rings. The molecule has 0 atom stereocenters. The van der Waals surface area contributed by atoms with E-state index in [9.17, 15) is 14.4 Å². The number of nitrogens with one attached hydrogen (secondary N) is 3. The normalized spacial score (nSPS) is 10.8. The number of benzene rings is 1. The number of rotatable bonds is 5. The van der Waals surface area contributed by atoms with E-state index >= 15 is 0 Å². The summed E-state index contributed by atoms with van der Waals surface area (Å²) in [6.07, 6.45) is 3.08. The van der Waals surface area contributed by atoms with Crippen molar-refractivity contribution in [1.29, 1.82) is 0 Å². The molecule has 0 radical (unpaired) electrons. The van der Waals surface area contributed by atoms with E-state index in [0.717, 1.165) is 5.56 Å². The van der Waals surface area contributed by atoms with Crippen molar-refractivity contribution in [2.75, 3.05) is 10.6 Å². The van der Waals surface area contributed by atoms with Crippen LogP contribution in [-0.2, 0) is 14.4 Å². The SMILES string of the molecule is C/C(CC(=O)Nc1cccnc1)=N/NC(=O)C(=O)Nc1ccc(C)cc1. The van der Waals surface area contributed by atoms with Gasteiger partial charge in [0.2, 0.25) is 5.91 Å². The summed E-state index contributed by atoms with van der Waals surface area (Å²) in [4.78, 5) is 39.3. The third-order valence-corrected chi connectivity index (χ3v) is 3.23. The third kappa shape index (κ3) is 6.16. The predicted octanol–water partition coefficient (Wildman–Crippen LogP) is 1.85. The van der Waals surface area contributed by atoms with E-state index in [1.54, 1.807) is 37.4 Å². The van der Waals surface area contributed by atoms with E-state index < -0.39 is 11.8 Å². The molecule has 8 nitrogen and oxygen atoms in total. The summed E-state index contributed by atoms with van der Waals surface area (Å²) in [7, 11) is 0. The maximum Gasteiger partial charge on any atom is 0.329 e. The van der Waals surface area contributed by atoms with E-state index in [0.29, 0.717) is 17.1 Å². The van der Waals surface area contributed by atoms with Gasteiger partial charge in [0, 0.05) is 17.6 Å². The molecule has 0 fully saturated rings. The average molecular weight is 353 g/mol. The molecule has 2 aromatic rings. The summed E-state index contributed by atoms with van der Waals surface area (Å²) in [5, 5.41) is 8.87. The number of hydrogen-bond donors (Lipinski definition) is 3. The quantitative estimate of drug-likeness (QED) is 0.432. The van der Waals surface area contributed by atoms with Gasteiger partial charge in [-0.05, 0) is 38.1 Å². The van der Waals surface area contributed by atoms with Crippen LogP contribution in [0.3, 0.4) is 0 Å². The number of amides is 3. The molecule has 0 saturated heterocycles. The van der Waals surface area contributed by atoms with Crippen molar-refractivity contribution in [2.45, 2.75) is 20.3 Å².